The lowest BCUT2D eigenvalue weighted by atomic mass is 9.98. The van der Waals surface area contributed by atoms with Gasteiger partial charge in [0, 0.05) is 39.5 Å². The molecule has 7 aromatic rings. The van der Waals surface area contributed by atoms with Gasteiger partial charge in [0.2, 0.25) is 0 Å². The number of hydrogen-bond acceptors (Lipinski definition) is 1. The molecule has 3 aromatic heterocycles. The third-order valence-corrected chi connectivity index (χ3v) is 6.15. The maximum Gasteiger partial charge on any atom is 0.0730 e. The highest BCUT2D eigenvalue weighted by Crippen LogP contribution is 2.42. The van der Waals surface area contributed by atoms with E-state index in [0.29, 0.717) is 0 Å². The van der Waals surface area contributed by atoms with Crippen molar-refractivity contribution in [2.24, 2.45) is 0 Å². The predicted octanol–water partition coefficient (Wildman–Crippen LogP) is 7.05. The van der Waals surface area contributed by atoms with Crippen LogP contribution in [0.15, 0.2) is 97.3 Å². The van der Waals surface area contributed by atoms with Crippen molar-refractivity contribution in [1.82, 2.24) is 9.38 Å². The summed E-state index contributed by atoms with van der Waals surface area (Å²) in [6, 6.07) is 30.3. The summed E-state index contributed by atoms with van der Waals surface area (Å²) in [5, 5.41) is 8.84. The van der Waals surface area contributed by atoms with Gasteiger partial charge in [-0.25, -0.2) is 0 Å². The quantitative estimate of drug-likeness (QED) is 0.303. The van der Waals surface area contributed by atoms with E-state index in [1.54, 1.807) is 0 Å². The lowest BCUT2D eigenvalue weighted by molar-refractivity contribution is 1.29. The summed E-state index contributed by atoms with van der Waals surface area (Å²) in [4.78, 5) is 4.84. The zero-order valence-electron chi connectivity index (χ0n) is 15.6. The first-order chi connectivity index (χ1) is 14.4. The Balaban J connectivity index is 1.71. The Morgan fingerprint density at radius 1 is 0.621 bits per heavy atom. The number of fused-ring (bicyclic) bond motifs is 6. The van der Waals surface area contributed by atoms with Crippen LogP contribution in [-0.2, 0) is 0 Å². The van der Waals surface area contributed by atoms with Gasteiger partial charge in [0.25, 0.3) is 0 Å². The molecule has 0 amide bonds. The molecule has 0 fully saturated rings. The van der Waals surface area contributed by atoms with E-state index in [9.17, 15) is 0 Å². The number of hydrogen-bond donors (Lipinski definition) is 0. The standard InChI is InChI=1S/C27H16N2/c1-2-9-19-15-28-24(14-17(19)7-1)23-16-29-25-12-6-5-11-21(25)22-13-18-8-3-4-10-20(18)26(23)27(22)29/h1-16H. The van der Waals surface area contributed by atoms with Crippen LogP contribution in [0.5, 0.6) is 0 Å². The second-order valence-corrected chi connectivity index (χ2v) is 7.72. The van der Waals surface area contributed by atoms with Crippen molar-refractivity contribution < 1.29 is 0 Å². The van der Waals surface area contributed by atoms with Crippen LogP contribution < -0.4 is 0 Å². The van der Waals surface area contributed by atoms with Gasteiger partial charge in [-0.15, -0.1) is 0 Å². The number of nitrogens with zero attached hydrogens (tertiary/aromatic N) is 2. The van der Waals surface area contributed by atoms with Crippen molar-refractivity contribution in [3.63, 3.8) is 0 Å². The highest BCUT2D eigenvalue weighted by Gasteiger charge is 2.19. The van der Waals surface area contributed by atoms with Gasteiger partial charge in [0.15, 0.2) is 0 Å². The highest BCUT2D eigenvalue weighted by molar-refractivity contribution is 6.26. The van der Waals surface area contributed by atoms with E-state index in [-0.39, 0.29) is 0 Å². The average Bonchev–Trinajstić information content (AvgIpc) is 3.32. The van der Waals surface area contributed by atoms with Crippen LogP contribution >= 0.6 is 0 Å². The van der Waals surface area contributed by atoms with Gasteiger partial charge in [-0.05, 0) is 34.4 Å². The maximum atomic E-state index is 4.84. The lowest BCUT2D eigenvalue weighted by Crippen LogP contribution is -1.84. The summed E-state index contributed by atoms with van der Waals surface area (Å²) in [7, 11) is 0. The molecule has 0 aliphatic rings. The van der Waals surface area contributed by atoms with Gasteiger partial charge < -0.3 is 4.40 Å². The van der Waals surface area contributed by atoms with Crippen LogP contribution in [0.1, 0.15) is 0 Å². The first-order valence-electron chi connectivity index (χ1n) is 9.90. The molecule has 0 bridgehead atoms. The Hall–Kier alpha value is -3.91. The molecule has 0 aliphatic carbocycles. The third kappa shape index (κ3) is 1.93. The van der Waals surface area contributed by atoms with Crippen LogP contribution in [0.4, 0.5) is 0 Å². The molecular weight excluding hydrogens is 352 g/mol. The molecule has 0 saturated carbocycles. The van der Waals surface area contributed by atoms with Gasteiger partial charge in [0.1, 0.15) is 0 Å². The van der Waals surface area contributed by atoms with Gasteiger partial charge in [-0.1, -0.05) is 66.7 Å². The topological polar surface area (TPSA) is 17.3 Å². The van der Waals surface area contributed by atoms with Crippen molar-refractivity contribution >= 4 is 48.7 Å². The summed E-state index contributed by atoms with van der Waals surface area (Å²) >= 11 is 0. The maximum absolute atomic E-state index is 4.84. The van der Waals surface area contributed by atoms with E-state index in [1.165, 1.54) is 54.3 Å². The van der Waals surface area contributed by atoms with Gasteiger partial charge in [-0.2, -0.15) is 0 Å². The van der Waals surface area contributed by atoms with Crippen LogP contribution in [0.25, 0.3) is 60.0 Å². The zero-order valence-corrected chi connectivity index (χ0v) is 15.6. The normalized spacial score (nSPS) is 12.1. The summed E-state index contributed by atoms with van der Waals surface area (Å²) in [5.41, 5.74) is 4.75. The van der Waals surface area contributed by atoms with Crippen LogP contribution in [0.2, 0.25) is 0 Å². The molecule has 0 atom stereocenters. The Morgan fingerprint density at radius 2 is 1.34 bits per heavy atom. The summed E-state index contributed by atoms with van der Waals surface area (Å²) in [6.45, 7) is 0. The fourth-order valence-corrected chi connectivity index (χ4v) is 4.85. The van der Waals surface area contributed by atoms with Crippen molar-refractivity contribution in [3.8, 4) is 11.3 Å². The minimum atomic E-state index is 1.02. The van der Waals surface area contributed by atoms with E-state index < -0.39 is 0 Å². The first kappa shape index (κ1) is 15.1. The molecule has 7 rings (SSSR count). The third-order valence-electron chi connectivity index (χ3n) is 6.15. The number of pyridine rings is 1. The average molecular weight is 368 g/mol. The fourth-order valence-electron chi connectivity index (χ4n) is 4.85. The smallest absolute Gasteiger partial charge is 0.0730 e. The highest BCUT2D eigenvalue weighted by atomic mass is 14.9. The monoisotopic (exact) mass is 368 g/mol. The Bertz CT molecular complexity index is 1700. The van der Waals surface area contributed by atoms with Gasteiger partial charge in [0.05, 0.1) is 16.7 Å². The minimum Gasteiger partial charge on any atom is -0.315 e. The van der Waals surface area contributed by atoms with E-state index in [1.807, 2.05) is 6.20 Å². The summed E-state index contributed by atoms with van der Waals surface area (Å²) in [6.07, 6.45) is 4.25. The molecule has 4 aromatic carbocycles. The molecule has 3 heterocycles. The van der Waals surface area contributed by atoms with Crippen molar-refractivity contribution in [2.45, 2.75) is 0 Å². The molecule has 0 radical (unpaired) electrons. The molecule has 2 nitrogen and oxygen atoms in total. The van der Waals surface area contributed by atoms with Crippen LogP contribution in [0.3, 0.4) is 0 Å². The predicted molar refractivity (Wildman–Crippen MR) is 122 cm³/mol. The molecule has 0 aliphatic heterocycles. The first-order valence-corrected chi connectivity index (χ1v) is 9.90. The van der Waals surface area contributed by atoms with Crippen molar-refractivity contribution in [1.29, 1.82) is 0 Å². The number of para-hydroxylation sites is 1. The van der Waals surface area contributed by atoms with Crippen LogP contribution in [-0.4, -0.2) is 9.38 Å². The van der Waals surface area contributed by atoms with Gasteiger partial charge >= 0.3 is 0 Å². The minimum absolute atomic E-state index is 1.02. The summed E-state index contributed by atoms with van der Waals surface area (Å²) in [5.74, 6) is 0. The summed E-state index contributed by atoms with van der Waals surface area (Å²) < 4.78 is 2.35. The van der Waals surface area contributed by atoms with E-state index in [4.69, 9.17) is 4.98 Å². The molecule has 134 valence electrons. The molecule has 0 unspecified atom stereocenters. The SMILES string of the molecule is c1ccc2cc(-c3cn4c5ccccc5c5cc6ccccc6c3c54)ncc2c1. The Kier molecular flexibility index (Phi) is 2.77. The number of benzene rings is 4. The molecule has 29 heavy (non-hydrogen) atoms. The lowest BCUT2D eigenvalue weighted by Gasteiger charge is -2.06. The second-order valence-electron chi connectivity index (χ2n) is 7.72. The van der Waals surface area contributed by atoms with Crippen LogP contribution in [0, 0.1) is 0 Å². The second kappa shape index (κ2) is 5.33. The number of aromatic nitrogens is 2. The molecule has 0 spiro atoms. The van der Waals surface area contributed by atoms with E-state index in [0.717, 1.165) is 5.69 Å². The van der Waals surface area contributed by atoms with Crippen molar-refractivity contribution in [2.75, 3.05) is 0 Å². The van der Waals surface area contributed by atoms with Crippen molar-refractivity contribution in [3.05, 3.63) is 97.3 Å². The Labute approximate surface area is 167 Å². The zero-order chi connectivity index (χ0) is 18.9. The van der Waals surface area contributed by atoms with E-state index >= 15 is 0 Å². The molecule has 0 N–H and O–H groups in total. The van der Waals surface area contributed by atoms with E-state index in [2.05, 4.69) is 95.5 Å². The molecular formula is C27H16N2. The van der Waals surface area contributed by atoms with Gasteiger partial charge in [-0.3, -0.25) is 4.98 Å². The number of rotatable bonds is 1. The largest absolute Gasteiger partial charge is 0.315 e. The molecule has 2 heteroatoms. The fraction of sp³-hybridized carbons (Fsp3) is 0. The molecule has 0 saturated heterocycles. The Morgan fingerprint density at radius 3 is 2.24 bits per heavy atom.